The molecule has 2 heterocycles. The number of carbonyl (C=O) groups is 2. The Kier molecular flexibility index (Phi) is 7.01. The lowest BCUT2D eigenvalue weighted by molar-refractivity contribution is -0.0233. The summed E-state index contributed by atoms with van der Waals surface area (Å²) >= 11 is 0. The highest BCUT2D eigenvalue weighted by Gasteiger charge is 2.40. The van der Waals surface area contributed by atoms with E-state index in [1.54, 1.807) is 17.0 Å². The van der Waals surface area contributed by atoms with Crippen LogP contribution < -0.4 is 5.46 Å². The van der Waals surface area contributed by atoms with Crippen molar-refractivity contribution in [3.8, 4) is 0 Å². The minimum Gasteiger partial charge on any atom is -0.457 e. The zero-order valence-corrected chi connectivity index (χ0v) is 19.5. The van der Waals surface area contributed by atoms with Crippen molar-refractivity contribution in [1.82, 2.24) is 4.90 Å². The predicted octanol–water partition coefficient (Wildman–Crippen LogP) is 3.54. The molecule has 7 nitrogen and oxygen atoms in total. The van der Waals surface area contributed by atoms with Crippen LogP contribution in [0.25, 0.3) is 0 Å². The SMILES string of the molecule is CC1CC(C)(C)OB(c2ccccc2C(=O)OC2CCCN(C(=O)OC(C)(C)C)C2)O1. The van der Waals surface area contributed by atoms with Crippen LogP contribution in [-0.2, 0) is 18.8 Å². The molecular formula is C23H34BNO6. The van der Waals surface area contributed by atoms with E-state index in [9.17, 15) is 9.59 Å². The molecule has 1 amide bonds. The Morgan fingerprint density at radius 2 is 1.94 bits per heavy atom. The summed E-state index contributed by atoms with van der Waals surface area (Å²) in [5.41, 5.74) is 0.167. The maximum Gasteiger partial charge on any atom is 0.495 e. The summed E-state index contributed by atoms with van der Waals surface area (Å²) < 4.78 is 23.3. The molecule has 1 aromatic carbocycles. The van der Waals surface area contributed by atoms with Crippen LogP contribution in [-0.4, -0.2) is 60.6 Å². The van der Waals surface area contributed by atoms with Crippen LogP contribution in [0.15, 0.2) is 24.3 Å². The number of nitrogens with zero attached hydrogens (tertiary/aromatic N) is 1. The quantitative estimate of drug-likeness (QED) is 0.539. The number of hydrogen-bond donors (Lipinski definition) is 0. The number of benzene rings is 1. The zero-order valence-electron chi connectivity index (χ0n) is 19.5. The third kappa shape index (κ3) is 6.46. The number of esters is 1. The molecule has 0 aromatic heterocycles. The van der Waals surface area contributed by atoms with Gasteiger partial charge in [0.2, 0.25) is 0 Å². The lowest BCUT2D eigenvalue weighted by atomic mass is 9.72. The Bertz CT molecular complexity index is 806. The average Bonchev–Trinajstić information content (AvgIpc) is 2.65. The summed E-state index contributed by atoms with van der Waals surface area (Å²) in [6.45, 7) is 12.5. The summed E-state index contributed by atoms with van der Waals surface area (Å²) in [5, 5.41) is 0. The highest BCUT2D eigenvalue weighted by Crippen LogP contribution is 2.26. The van der Waals surface area contributed by atoms with Crippen molar-refractivity contribution in [2.24, 2.45) is 0 Å². The molecule has 2 atom stereocenters. The van der Waals surface area contributed by atoms with E-state index in [-0.39, 0.29) is 23.9 Å². The van der Waals surface area contributed by atoms with Gasteiger partial charge in [0.25, 0.3) is 0 Å². The smallest absolute Gasteiger partial charge is 0.457 e. The van der Waals surface area contributed by atoms with Gasteiger partial charge in [-0.15, -0.1) is 0 Å². The molecule has 3 rings (SSSR count). The van der Waals surface area contributed by atoms with Crippen molar-refractivity contribution >= 4 is 24.6 Å². The molecule has 0 saturated carbocycles. The molecule has 170 valence electrons. The normalized spacial score (nSPS) is 23.9. The van der Waals surface area contributed by atoms with Crippen LogP contribution in [0.3, 0.4) is 0 Å². The van der Waals surface area contributed by atoms with Crippen molar-refractivity contribution in [2.45, 2.75) is 84.2 Å². The summed E-state index contributed by atoms with van der Waals surface area (Å²) in [5.74, 6) is -0.435. The topological polar surface area (TPSA) is 74.3 Å². The number of likely N-dealkylation sites (tertiary alicyclic amines) is 1. The second kappa shape index (κ2) is 9.21. The fourth-order valence-corrected chi connectivity index (χ4v) is 4.08. The molecule has 2 aliphatic rings. The van der Waals surface area contributed by atoms with Gasteiger partial charge in [0.1, 0.15) is 11.7 Å². The van der Waals surface area contributed by atoms with E-state index in [1.165, 1.54) is 0 Å². The average molecular weight is 431 g/mol. The molecule has 0 spiro atoms. The summed E-state index contributed by atoms with van der Waals surface area (Å²) in [6.07, 6.45) is 1.48. The van der Waals surface area contributed by atoms with Crippen molar-refractivity contribution < 1.29 is 28.4 Å². The summed E-state index contributed by atoms with van der Waals surface area (Å²) in [7, 11) is -0.632. The molecule has 31 heavy (non-hydrogen) atoms. The predicted molar refractivity (Wildman–Crippen MR) is 118 cm³/mol. The van der Waals surface area contributed by atoms with Gasteiger partial charge in [0.05, 0.1) is 17.7 Å². The van der Waals surface area contributed by atoms with E-state index in [1.807, 2.05) is 53.7 Å². The largest absolute Gasteiger partial charge is 0.495 e. The molecule has 0 radical (unpaired) electrons. The number of piperidine rings is 1. The Morgan fingerprint density at radius 1 is 1.23 bits per heavy atom. The van der Waals surface area contributed by atoms with E-state index in [2.05, 4.69) is 0 Å². The monoisotopic (exact) mass is 431 g/mol. The van der Waals surface area contributed by atoms with Crippen molar-refractivity contribution in [3.63, 3.8) is 0 Å². The first kappa shape index (κ1) is 23.6. The van der Waals surface area contributed by atoms with Gasteiger partial charge >= 0.3 is 19.2 Å². The van der Waals surface area contributed by atoms with E-state index < -0.39 is 18.7 Å². The van der Waals surface area contributed by atoms with E-state index in [0.717, 1.165) is 12.8 Å². The molecule has 1 aromatic rings. The molecule has 2 saturated heterocycles. The number of hydrogen-bond acceptors (Lipinski definition) is 6. The number of ether oxygens (including phenoxy) is 2. The van der Waals surface area contributed by atoms with Gasteiger partial charge in [0, 0.05) is 12.6 Å². The van der Waals surface area contributed by atoms with Gasteiger partial charge in [-0.25, -0.2) is 9.59 Å². The lowest BCUT2D eigenvalue weighted by Crippen LogP contribution is -2.53. The van der Waals surface area contributed by atoms with Crippen LogP contribution in [0.1, 0.15) is 71.2 Å². The number of amides is 1. The van der Waals surface area contributed by atoms with Gasteiger partial charge < -0.3 is 23.7 Å². The third-order valence-corrected chi connectivity index (χ3v) is 5.30. The van der Waals surface area contributed by atoms with Gasteiger partial charge in [-0.05, 0) is 72.3 Å². The molecule has 2 fully saturated rings. The minimum absolute atomic E-state index is 0.0126. The molecule has 0 aliphatic carbocycles. The van der Waals surface area contributed by atoms with E-state index >= 15 is 0 Å². The fourth-order valence-electron chi connectivity index (χ4n) is 4.08. The first-order valence-corrected chi connectivity index (χ1v) is 11.0. The van der Waals surface area contributed by atoms with Gasteiger partial charge in [-0.2, -0.15) is 0 Å². The maximum atomic E-state index is 13.1. The highest BCUT2D eigenvalue weighted by atomic mass is 16.6. The first-order valence-electron chi connectivity index (χ1n) is 11.0. The first-order chi connectivity index (χ1) is 14.4. The van der Waals surface area contributed by atoms with Crippen LogP contribution in [0.2, 0.25) is 0 Å². The van der Waals surface area contributed by atoms with Crippen LogP contribution in [0.4, 0.5) is 4.79 Å². The van der Waals surface area contributed by atoms with Crippen molar-refractivity contribution in [2.75, 3.05) is 13.1 Å². The van der Waals surface area contributed by atoms with Gasteiger partial charge in [-0.1, -0.05) is 18.2 Å². The number of carbonyl (C=O) groups excluding carboxylic acids is 2. The molecular weight excluding hydrogens is 397 g/mol. The maximum absolute atomic E-state index is 13.1. The third-order valence-electron chi connectivity index (χ3n) is 5.30. The van der Waals surface area contributed by atoms with Crippen molar-refractivity contribution in [3.05, 3.63) is 29.8 Å². The second-order valence-electron chi connectivity index (χ2n) is 10.0. The number of rotatable bonds is 3. The fraction of sp³-hybridized carbons (Fsp3) is 0.652. The zero-order chi connectivity index (χ0) is 22.8. The van der Waals surface area contributed by atoms with E-state index in [0.29, 0.717) is 30.5 Å². The minimum atomic E-state index is -0.632. The summed E-state index contributed by atoms with van der Waals surface area (Å²) in [6, 6.07) is 7.22. The molecule has 2 aliphatic heterocycles. The molecule has 0 bridgehead atoms. The van der Waals surface area contributed by atoms with E-state index in [4.69, 9.17) is 18.8 Å². The van der Waals surface area contributed by atoms with Crippen LogP contribution in [0.5, 0.6) is 0 Å². The second-order valence-corrected chi connectivity index (χ2v) is 10.0. The molecule has 0 N–H and O–H groups in total. The van der Waals surface area contributed by atoms with Gasteiger partial charge in [-0.3, -0.25) is 0 Å². The molecule has 2 unspecified atom stereocenters. The highest BCUT2D eigenvalue weighted by molar-refractivity contribution is 6.63. The lowest BCUT2D eigenvalue weighted by Gasteiger charge is -2.38. The Morgan fingerprint density at radius 3 is 2.61 bits per heavy atom. The van der Waals surface area contributed by atoms with Gasteiger partial charge in [0.15, 0.2) is 0 Å². The Balaban J connectivity index is 1.69. The van der Waals surface area contributed by atoms with Crippen molar-refractivity contribution in [1.29, 1.82) is 0 Å². The van der Waals surface area contributed by atoms with Crippen LogP contribution in [0, 0.1) is 0 Å². The Labute approximate surface area is 185 Å². The summed E-state index contributed by atoms with van der Waals surface area (Å²) in [4.78, 5) is 27.1. The molecule has 8 heteroatoms. The Hall–Kier alpha value is -2.06. The van der Waals surface area contributed by atoms with Crippen LogP contribution >= 0.6 is 0 Å². The standard InChI is InChI=1S/C23H34BNO6/c1-16-14-23(5,6)31-24(30-16)19-12-8-7-11-18(19)20(26)28-17-10-9-13-25(15-17)21(27)29-22(2,3)4/h7-8,11-12,16-17H,9-10,13-15H2,1-6H3.